The van der Waals surface area contributed by atoms with Crippen molar-refractivity contribution in [1.29, 1.82) is 0 Å². The molecule has 0 amide bonds. The zero-order valence-electron chi connectivity index (χ0n) is 9.55. The highest BCUT2D eigenvalue weighted by Crippen LogP contribution is 2.02. The SMILES string of the molecule is C/C=C\CCCCCN(CC)CC. The highest BCUT2D eigenvalue weighted by atomic mass is 15.1. The number of allylic oxidation sites excluding steroid dienone is 2. The van der Waals surface area contributed by atoms with Crippen LogP contribution in [0.5, 0.6) is 0 Å². The van der Waals surface area contributed by atoms with Crippen LogP contribution in [0.15, 0.2) is 12.2 Å². The van der Waals surface area contributed by atoms with E-state index in [1.165, 1.54) is 45.3 Å². The van der Waals surface area contributed by atoms with Crippen molar-refractivity contribution in [3.63, 3.8) is 0 Å². The van der Waals surface area contributed by atoms with Crippen LogP contribution in [0.1, 0.15) is 46.5 Å². The maximum absolute atomic E-state index is 2.50. The zero-order valence-corrected chi connectivity index (χ0v) is 9.55. The summed E-state index contributed by atoms with van der Waals surface area (Å²) in [6.45, 7) is 10.3. The van der Waals surface area contributed by atoms with Crippen LogP contribution in [-0.2, 0) is 0 Å². The molecule has 0 aromatic heterocycles. The Morgan fingerprint density at radius 1 is 1.00 bits per heavy atom. The first-order valence-corrected chi connectivity index (χ1v) is 5.68. The van der Waals surface area contributed by atoms with Crippen molar-refractivity contribution in [2.24, 2.45) is 0 Å². The van der Waals surface area contributed by atoms with Gasteiger partial charge in [-0.25, -0.2) is 0 Å². The fourth-order valence-corrected chi connectivity index (χ4v) is 1.48. The molecule has 0 heterocycles. The Morgan fingerprint density at radius 2 is 1.69 bits per heavy atom. The van der Waals surface area contributed by atoms with Crippen molar-refractivity contribution in [3.05, 3.63) is 12.2 Å². The summed E-state index contributed by atoms with van der Waals surface area (Å²) in [5.74, 6) is 0. The van der Waals surface area contributed by atoms with Crippen molar-refractivity contribution >= 4 is 0 Å². The molecule has 0 radical (unpaired) electrons. The molecule has 0 aliphatic carbocycles. The Balaban J connectivity index is 3.14. The third-order valence-corrected chi connectivity index (χ3v) is 2.48. The third-order valence-electron chi connectivity index (χ3n) is 2.48. The summed E-state index contributed by atoms with van der Waals surface area (Å²) >= 11 is 0. The summed E-state index contributed by atoms with van der Waals surface area (Å²) < 4.78 is 0. The van der Waals surface area contributed by atoms with Gasteiger partial charge in [0.25, 0.3) is 0 Å². The second-order valence-electron chi connectivity index (χ2n) is 3.45. The summed E-state index contributed by atoms with van der Waals surface area (Å²) in [6.07, 6.45) is 9.75. The summed E-state index contributed by atoms with van der Waals surface area (Å²) in [5, 5.41) is 0. The Kier molecular flexibility index (Phi) is 9.56. The van der Waals surface area contributed by atoms with E-state index in [9.17, 15) is 0 Å². The Labute approximate surface area is 83.8 Å². The van der Waals surface area contributed by atoms with Gasteiger partial charge in [0.05, 0.1) is 0 Å². The van der Waals surface area contributed by atoms with Gasteiger partial charge in [0, 0.05) is 0 Å². The predicted octanol–water partition coefficient (Wildman–Crippen LogP) is 3.46. The highest BCUT2D eigenvalue weighted by molar-refractivity contribution is 4.76. The van der Waals surface area contributed by atoms with Gasteiger partial charge < -0.3 is 4.90 Å². The number of nitrogens with zero attached hydrogens (tertiary/aromatic N) is 1. The smallest absolute Gasteiger partial charge is 0.00190 e. The maximum atomic E-state index is 2.50. The molecule has 0 aliphatic heterocycles. The van der Waals surface area contributed by atoms with E-state index in [4.69, 9.17) is 0 Å². The lowest BCUT2D eigenvalue weighted by atomic mass is 10.2. The lowest BCUT2D eigenvalue weighted by Crippen LogP contribution is -2.23. The quantitative estimate of drug-likeness (QED) is 0.411. The van der Waals surface area contributed by atoms with Crippen molar-refractivity contribution in [2.75, 3.05) is 19.6 Å². The van der Waals surface area contributed by atoms with E-state index < -0.39 is 0 Å². The molecular formula is C12H25N. The first-order chi connectivity index (χ1) is 6.35. The largest absolute Gasteiger partial charge is 0.304 e. The molecule has 0 atom stereocenters. The van der Waals surface area contributed by atoms with E-state index in [2.05, 4.69) is 37.8 Å². The Bertz CT molecular complexity index is 114. The van der Waals surface area contributed by atoms with Gasteiger partial charge in [-0.05, 0) is 45.8 Å². The Hall–Kier alpha value is -0.300. The van der Waals surface area contributed by atoms with Crippen LogP contribution in [0.2, 0.25) is 0 Å². The molecule has 0 N–H and O–H groups in total. The molecule has 0 aliphatic rings. The van der Waals surface area contributed by atoms with Gasteiger partial charge in [-0.15, -0.1) is 0 Å². The van der Waals surface area contributed by atoms with E-state index in [-0.39, 0.29) is 0 Å². The molecule has 78 valence electrons. The number of rotatable bonds is 8. The molecule has 0 aromatic carbocycles. The van der Waals surface area contributed by atoms with E-state index in [1.54, 1.807) is 0 Å². The molecule has 0 fully saturated rings. The van der Waals surface area contributed by atoms with Crippen molar-refractivity contribution < 1.29 is 0 Å². The molecule has 0 saturated heterocycles. The minimum Gasteiger partial charge on any atom is -0.304 e. The zero-order chi connectivity index (χ0) is 9.94. The van der Waals surface area contributed by atoms with Gasteiger partial charge in [0.2, 0.25) is 0 Å². The van der Waals surface area contributed by atoms with Gasteiger partial charge in [-0.3, -0.25) is 0 Å². The fraction of sp³-hybridized carbons (Fsp3) is 0.833. The fourth-order valence-electron chi connectivity index (χ4n) is 1.48. The summed E-state index contributed by atoms with van der Waals surface area (Å²) in [7, 11) is 0. The van der Waals surface area contributed by atoms with Crippen LogP contribution in [-0.4, -0.2) is 24.5 Å². The summed E-state index contributed by atoms with van der Waals surface area (Å²) in [4.78, 5) is 2.50. The predicted molar refractivity (Wildman–Crippen MR) is 61.1 cm³/mol. The summed E-state index contributed by atoms with van der Waals surface area (Å²) in [5.41, 5.74) is 0. The van der Waals surface area contributed by atoms with Crippen LogP contribution in [0, 0.1) is 0 Å². The average Bonchev–Trinajstić information content (AvgIpc) is 2.17. The third kappa shape index (κ3) is 8.04. The first kappa shape index (κ1) is 12.7. The van der Waals surface area contributed by atoms with Crippen molar-refractivity contribution in [1.82, 2.24) is 4.90 Å². The Morgan fingerprint density at radius 3 is 2.23 bits per heavy atom. The molecule has 0 spiro atoms. The molecule has 0 bridgehead atoms. The topological polar surface area (TPSA) is 3.24 Å². The minimum absolute atomic E-state index is 1.20. The van der Waals surface area contributed by atoms with Crippen LogP contribution in [0.25, 0.3) is 0 Å². The van der Waals surface area contributed by atoms with Gasteiger partial charge in [-0.2, -0.15) is 0 Å². The van der Waals surface area contributed by atoms with Crippen molar-refractivity contribution in [3.8, 4) is 0 Å². The number of hydrogen-bond acceptors (Lipinski definition) is 1. The normalized spacial score (nSPS) is 11.7. The molecule has 1 heteroatoms. The van der Waals surface area contributed by atoms with Gasteiger partial charge in [0.1, 0.15) is 0 Å². The highest BCUT2D eigenvalue weighted by Gasteiger charge is 1.96. The van der Waals surface area contributed by atoms with E-state index in [0.29, 0.717) is 0 Å². The summed E-state index contributed by atoms with van der Waals surface area (Å²) in [6, 6.07) is 0. The maximum Gasteiger partial charge on any atom is -0.00190 e. The van der Waals surface area contributed by atoms with E-state index in [0.717, 1.165) is 0 Å². The van der Waals surface area contributed by atoms with Gasteiger partial charge in [-0.1, -0.05) is 32.4 Å². The van der Waals surface area contributed by atoms with Crippen LogP contribution in [0.4, 0.5) is 0 Å². The monoisotopic (exact) mass is 183 g/mol. The average molecular weight is 183 g/mol. The lowest BCUT2D eigenvalue weighted by molar-refractivity contribution is 0.296. The molecule has 1 nitrogen and oxygen atoms in total. The van der Waals surface area contributed by atoms with Crippen LogP contribution >= 0.6 is 0 Å². The van der Waals surface area contributed by atoms with E-state index in [1.807, 2.05) is 0 Å². The van der Waals surface area contributed by atoms with Crippen LogP contribution < -0.4 is 0 Å². The van der Waals surface area contributed by atoms with Crippen molar-refractivity contribution in [2.45, 2.75) is 46.5 Å². The second kappa shape index (κ2) is 9.79. The second-order valence-corrected chi connectivity index (χ2v) is 3.45. The molecule has 0 saturated carbocycles. The van der Waals surface area contributed by atoms with Gasteiger partial charge in [0.15, 0.2) is 0 Å². The molecule has 0 rings (SSSR count). The first-order valence-electron chi connectivity index (χ1n) is 5.68. The molecule has 13 heavy (non-hydrogen) atoms. The molecule has 0 aromatic rings. The standard InChI is InChI=1S/C12H25N/c1-4-7-8-9-10-11-12-13(5-2)6-3/h4,7H,5-6,8-12H2,1-3H3/b7-4-. The molecular weight excluding hydrogens is 158 g/mol. The minimum atomic E-state index is 1.20. The molecule has 0 unspecified atom stereocenters. The number of unbranched alkanes of at least 4 members (excludes halogenated alkanes) is 3. The van der Waals surface area contributed by atoms with E-state index >= 15 is 0 Å². The van der Waals surface area contributed by atoms with Crippen LogP contribution in [0.3, 0.4) is 0 Å². The number of hydrogen-bond donors (Lipinski definition) is 0. The van der Waals surface area contributed by atoms with Gasteiger partial charge >= 0.3 is 0 Å². The lowest BCUT2D eigenvalue weighted by Gasteiger charge is -2.17.